The molecule has 3 aromatic rings. The average Bonchev–Trinajstić information content (AvgIpc) is 3.10. The second-order valence-corrected chi connectivity index (χ2v) is 7.42. The summed E-state index contributed by atoms with van der Waals surface area (Å²) < 4.78 is 0. The molecule has 5 N–H and O–H groups in total. The molecule has 138 valence electrons. The molecule has 0 aliphatic rings. The number of hydrogen-bond acceptors (Lipinski definition) is 5. The molecular formula is C21H24N6. The van der Waals surface area contributed by atoms with E-state index in [1.54, 1.807) is 6.21 Å². The number of nitrogens with two attached hydrogens (primary N) is 2. The van der Waals surface area contributed by atoms with E-state index in [9.17, 15) is 0 Å². The second-order valence-electron chi connectivity index (χ2n) is 7.42. The van der Waals surface area contributed by atoms with Crippen molar-refractivity contribution in [1.82, 2.24) is 10.2 Å². The molecule has 0 radical (unpaired) electrons. The molecule has 1 aromatic heterocycles. The maximum Gasteiger partial charge on any atom is 0.103 e. The normalized spacial score (nSPS) is 11.8. The van der Waals surface area contributed by atoms with E-state index in [4.69, 9.17) is 11.5 Å². The standard InChI is InChI=1S/C21H24N6/c1-21(2,3)20-11-15(26-27-20)12-25-19-10-14(5-7-16(19)22)13-6-8-18(24-4)17(23)9-13/h5-12H,4,22-23H2,1-3H3,(H,26,27)/b25-12+. The largest absolute Gasteiger partial charge is 0.397 e. The molecule has 2 aromatic carbocycles. The minimum absolute atomic E-state index is 0.00439. The SMILES string of the molecule is C=Nc1ccc(-c2ccc(N)c(/N=C/c3cc(C(C)(C)C)[nH]n3)c2)cc1N. The molecule has 3 rings (SSSR count). The summed E-state index contributed by atoms with van der Waals surface area (Å²) in [5.41, 5.74) is 18.4. The average molecular weight is 360 g/mol. The van der Waals surface area contributed by atoms with E-state index in [-0.39, 0.29) is 5.41 Å². The molecule has 0 unspecified atom stereocenters. The number of nitrogens with zero attached hydrogens (tertiary/aromatic N) is 3. The van der Waals surface area contributed by atoms with Gasteiger partial charge in [0.05, 0.1) is 29.0 Å². The topological polar surface area (TPSA) is 105 Å². The molecular weight excluding hydrogens is 336 g/mol. The fourth-order valence-corrected chi connectivity index (χ4v) is 2.64. The van der Waals surface area contributed by atoms with Gasteiger partial charge in [-0.25, -0.2) is 0 Å². The van der Waals surface area contributed by atoms with Crippen LogP contribution in [0.5, 0.6) is 0 Å². The van der Waals surface area contributed by atoms with Crippen molar-refractivity contribution in [3.63, 3.8) is 0 Å². The van der Waals surface area contributed by atoms with E-state index in [2.05, 4.69) is 47.7 Å². The van der Waals surface area contributed by atoms with Gasteiger partial charge in [0.15, 0.2) is 0 Å². The summed E-state index contributed by atoms with van der Waals surface area (Å²) in [5.74, 6) is 0. The lowest BCUT2D eigenvalue weighted by molar-refractivity contribution is 0.567. The molecule has 0 aliphatic heterocycles. The van der Waals surface area contributed by atoms with Crippen LogP contribution < -0.4 is 11.5 Å². The molecule has 0 saturated heterocycles. The van der Waals surface area contributed by atoms with Crippen molar-refractivity contribution in [2.45, 2.75) is 26.2 Å². The van der Waals surface area contributed by atoms with E-state index in [1.165, 1.54) is 0 Å². The Kier molecular flexibility index (Phi) is 4.81. The van der Waals surface area contributed by atoms with Crippen LogP contribution in [0, 0.1) is 0 Å². The zero-order valence-corrected chi connectivity index (χ0v) is 15.8. The van der Waals surface area contributed by atoms with Crippen molar-refractivity contribution in [1.29, 1.82) is 0 Å². The fraction of sp³-hybridized carbons (Fsp3) is 0.190. The molecule has 0 atom stereocenters. The number of hydrogen-bond donors (Lipinski definition) is 3. The number of benzene rings is 2. The highest BCUT2D eigenvalue weighted by molar-refractivity contribution is 5.84. The van der Waals surface area contributed by atoms with Crippen molar-refractivity contribution in [3.05, 3.63) is 53.9 Å². The van der Waals surface area contributed by atoms with Gasteiger partial charge in [-0.15, -0.1) is 0 Å². The molecule has 0 amide bonds. The van der Waals surface area contributed by atoms with Gasteiger partial charge in [-0.05, 0) is 48.2 Å². The second kappa shape index (κ2) is 7.07. The Bertz CT molecular complexity index is 1010. The predicted octanol–water partition coefficient (Wildman–Crippen LogP) is 4.62. The number of nitrogen functional groups attached to an aromatic ring is 2. The Labute approximate surface area is 159 Å². The Balaban J connectivity index is 1.90. The van der Waals surface area contributed by atoms with Crippen LogP contribution in [-0.4, -0.2) is 23.1 Å². The van der Waals surface area contributed by atoms with Gasteiger partial charge >= 0.3 is 0 Å². The number of aliphatic imine (C=N–C) groups is 2. The molecule has 0 saturated carbocycles. The van der Waals surface area contributed by atoms with Crippen molar-refractivity contribution in [2.75, 3.05) is 11.5 Å². The van der Waals surface area contributed by atoms with Gasteiger partial charge in [-0.2, -0.15) is 5.10 Å². The first-order valence-electron chi connectivity index (χ1n) is 8.64. The minimum Gasteiger partial charge on any atom is -0.397 e. The number of nitrogens with one attached hydrogen (secondary N) is 1. The Morgan fingerprint density at radius 1 is 0.963 bits per heavy atom. The van der Waals surface area contributed by atoms with Crippen LogP contribution in [0.1, 0.15) is 32.2 Å². The van der Waals surface area contributed by atoms with Gasteiger partial charge in [0.25, 0.3) is 0 Å². The van der Waals surface area contributed by atoms with Crippen LogP contribution in [0.2, 0.25) is 0 Å². The first kappa shape index (κ1) is 18.4. The molecule has 0 bridgehead atoms. The van der Waals surface area contributed by atoms with Gasteiger partial charge < -0.3 is 11.5 Å². The van der Waals surface area contributed by atoms with Crippen LogP contribution in [0.3, 0.4) is 0 Å². The maximum absolute atomic E-state index is 6.09. The number of anilines is 2. The number of rotatable bonds is 4. The molecule has 0 spiro atoms. The van der Waals surface area contributed by atoms with E-state index in [0.717, 1.165) is 22.5 Å². The Morgan fingerprint density at radius 2 is 1.67 bits per heavy atom. The van der Waals surface area contributed by atoms with Crippen molar-refractivity contribution in [3.8, 4) is 11.1 Å². The summed E-state index contributed by atoms with van der Waals surface area (Å²) in [5, 5.41) is 7.34. The highest BCUT2D eigenvalue weighted by Gasteiger charge is 2.16. The van der Waals surface area contributed by atoms with Crippen molar-refractivity contribution in [2.24, 2.45) is 9.98 Å². The number of aromatic nitrogens is 2. The van der Waals surface area contributed by atoms with Crippen molar-refractivity contribution >= 4 is 35.7 Å². The third kappa shape index (κ3) is 4.06. The highest BCUT2D eigenvalue weighted by Crippen LogP contribution is 2.32. The summed E-state index contributed by atoms with van der Waals surface area (Å²) in [6.07, 6.45) is 1.71. The van der Waals surface area contributed by atoms with Crippen LogP contribution >= 0.6 is 0 Å². The zero-order chi connectivity index (χ0) is 19.6. The van der Waals surface area contributed by atoms with Gasteiger partial charge in [0, 0.05) is 11.1 Å². The third-order valence-electron chi connectivity index (χ3n) is 4.30. The minimum atomic E-state index is 0.00439. The third-order valence-corrected chi connectivity index (χ3v) is 4.30. The maximum atomic E-state index is 6.09. The quantitative estimate of drug-likeness (QED) is 0.467. The summed E-state index contributed by atoms with van der Waals surface area (Å²) >= 11 is 0. The van der Waals surface area contributed by atoms with Gasteiger partial charge in [-0.3, -0.25) is 15.1 Å². The van der Waals surface area contributed by atoms with E-state index in [1.807, 2.05) is 42.5 Å². The molecule has 1 heterocycles. The van der Waals surface area contributed by atoms with E-state index >= 15 is 0 Å². The smallest absolute Gasteiger partial charge is 0.103 e. The number of aromatic amines is 1. The van der Waals surface area contributed by atoms with Crippen LogP contribution in [0.4, 0.5) is 22.7 Å². The monoisotopic (exact) mass is 360 g/mol. The first-order chi connectivity index (χ1) is 12.8. The molecule has 0 fully saturated rings. The van der Waals surface area contributed by atoms with Crippen LogP contribution in [0.25, 0.3) is 11.1 Å². The van der Waals surface area contributed by atoms with E-state index in [0.29, 0.717) is 22.7 Å². The summed E-state index contributed by atoms with van der Waals surface area (Å²) in [4.78, 5) is 8.41. The molecule has 6 nitrogen and oxygen atoms in total. The molecule has 27 heavy (non-hydrogen) atoms. The molecule has 6 heteroatoms. The Hall–Kier alpha value is -3.41. The molecule has 0 aliphatic carbocycles. The zero-order valence-electron chi connectivity index (χ0n) is 15.8. The van der Waals surface area contributed by atoms with Crippen LogP contribution in [-0.2, 0) is 5.41 Å². The Morgan fingerprint density at radius 3 is 2.30 bits per heavy atom. The lowest BCUT2D eigenvalue weighted by Gasteiger charge is -2.14. The summed E-state index contributed by atoms with van der Waals surface area (Å²) in [6.45, 7) is 9.90. The lowest BCUT2D eigenvalue weighted by atomic mass is 9.92. The van der Waals surface area contributed by atoms with Gasteiger partial charge in [0.1, 0.15) is 5.69 Å². The number of H-pyrrole nitrogens is 1. The van der Waals surface area contributed by atoms with Gasteiger partial charge in [0.2, 0.25) is 0 Å². The summed E-state index contributed by atoms with van der Waals surface area (Å²) in [7, 11) is 0. The van der Waals surface area contributed by atoms with E-state index < -0.39 is 0 Å². The first-order valence-corrected chi connectivity index (χ1v) is 8.64. The summed E-state index contributed by atoms with van der Waals surface area (Å²) in [6, 6.07) is 13.4. The fourth-order valence-electron chi connectivity index (χ4n) is 2.64. The van der Waals surface area contributed by atoms with Crippen LogP contribution in [0.15, 0.2) is 52.4 Å². The van der Waals surface area contributed by atoms with Crippen molar-refractivity contribution < 1.29 is 0 Å². The van der Waals surface area contributed by atoms with Gasteiger partial charge in [-0.1, -0.05) is 32.9 Å². The predicted molar refractivity (Wildman–Crippen MR) is 114 cm³/mol. The lowest BCUT2D eigenvalue weighted by Crippen LogP contribution is -2.11. The highest BCUT2D eigenvalue weighted by atomic mass is 15.1.